The smallest absolute Gasteiger partial charge is 0.241 e. The summed E-state index contributed by atoms with van der Waals surface area (Å²) >= 11 is 3.14. The van der Waals surface area contributed by atoms with Gasteiger partial charge in [0.2, 0.25) is 10.0 Å². The lowest BCUT2D eigenvalue weighted by atomic mass is 10.3. The summed E-state index contributed by atoms with van der Waals surface area (Å²) in [5, 5.41) is 5.08. The quantitative estimate of drug-likeness (QED) is 0.748. The zero-order chi connectivity index (χ0) is 14.7. The Morgan fingerprint density at radius 3 is 2.42 bits per heavy atom. The highest BCUT2D eigenvalue weighted by atomic mass is 79.9. The maximum absolute atomic E-state index is 11.4. The van der Waals surface area contributed by atoms with Crippen LogP contribution < -0.4 is 9.88 Å². The van der Waals surface area contributed by atoms with Crippen molar-refractivity contribution in [2.75, 3.05) is 18.6 Å². The van der Waals surface area contributed by atoms with Gasteiger partial charge in [-0.25, -0.2) is 22.0 Å². The van der Waals surface area contributed by atoms with Crippen LogP contribution in [0.15, 0.2) is 27.6 Å². The molecule has 19 heavy (non-hydrogen) atoms. The second-order valence-electron chi connectivity index (χ2n) is 3.97. The molecule has 1 aromatic carbocycles. The van der Waals surface area contributed by atoms with E-state index in [-0.39, 0.29) is 29.4 Å². The number of nitrogens with two attached hydrogens (primary N) is 1. The van der Waals surface area contributed by atoms with Crippen LogP contribution in [0.3, 0.4) is 0 Å². The molecule has 0 heterocycles. The molecule has 0 amide bonds. The van der Waals surface area contributed by atoms with Gasteiger partial charge in [-0.15, -0.1) is 0 Å². The van der Waals surface area contributed by atoms with Crippen molar-refractivity contribution in [2.45, 2.75) is 11.3 Å². The molecular formula is C10H14BrNO5S2. The molecule has 0 saturated heterocycles. The standard InChI is InChI=1S/C10H14BrNO5S2/c1-18(13,14)6-2-5-17-9-4-3-8(11)7-10(9)19(12,15)16/h3-4,7H,2,5-6H2,1H3,(H2,12,15,16). The minimum Gasteiger partial charge on any atom is -0.492 e. The van der Waals surface area contributed by atoms with E-state index in [1.165, 1.54) is 12.1 Å². The number of halogens is 1. The van der Waals surface area contributed by atoms with E-state index in [1.54, 1.807) is 6.07 Å². The molecule has 1 rings (SSSR count). The van der Waals surface area contributed by atoms with Gasteiger partial charge in [-0.1, -0.05) is 15.9 Å². The van der Waals surface area contributed by atoms with Crippen LogP contribution in [-0.4, -0.2) is 35.5 Å². The Morgan fingerprint density at radius 2 is 1.89 bits per heavy atom. The van der Waals surface area contributed by atoms with Crippen LogP contribution in [0.2, 0.25) is 0 Å². The van der Waals surface area contributed by atoms with E-state index >= 15 is 0 Å². The lowest BCUT2D eigenvalue weighted by Crippen LogP contribution is -2.15. The van der Waals surface area contributed by atoms with E-state index in [4.69, 9.17) is 9.88 Å². The normalized spacial score (nSPS) is 12.4. The largest absolute Gasteiger partial charge is 0.492 e. The highest BCUT2D eigenvalue weighted by Gasteiger charge is 2.15. The second kappa shape index (κ2) is 6.21. The number of rotatable bonds is 6. The SMILES string of the molecule is CS(=O)(=O)CCCOc1ccc(Br)cc1S(N)(=O)=O. The van der Waals surface area contributed by atoms with Gasteiger partial charge in [0.15, 0.2) is 0 Å². The van der Waals surface area contributed by atoms with Gasteiger partial charge < -0.3 is 4.74 Å². The Balaban J connectivity index is 2.79. The average Bonchev–Trinajstić information content (AvgIpc) is 2.23. The fourth-order valence-corrected chi connectivity index (χ4v) is 3.18. The van der Waals surface area contributed by atoms with E-state index in [1.807, 2.05) is 0 Å². The van der Waals surface area contributed by atoms with Crippen molar-refractivity contribution in [1.29, 1.82) is 0 Å². The van der Waals surface area contributed by atoms with Gasteiger partial charge in [-0.3, -0.25) is 0 Å². The highest BCUT2D eigenvalue weighted by Crippen LogP contribution is 2.26. The van der Waals surface area contributed by atoms with Crippen LogP contribution >= 0.6 is 15.9 Å². The van der Waals surface area contributed by atoms with Crippen molar-refractivity contribution in [1.82, 2.24) is 0 Å². The Bertz CT molecular complexity index is 654. The van der Waals surface area contributed by atoms with E-state index in [0.29, 0.717) is 4.47 Å². The predicted octanol–water partition coefficient (Wildman–Crippen LogP) is 0.910. The van der Waals surface area contributed by atoms with Crippen molar-refractivity contribution in [2.24, 2.45) is 5.14 Å². The topological polar surface area (TPSA) is 104 Å². The molecule has 0 radical (unpaired) electrons. The van der Waals surface area contributed by atoms with E-state index in [0.717, 1.165) is 6.26 Å². The lowest BCUT2D eigenvalue weighted by molar-refractivity contribution is 0.309. The number of benzene rings is 1. The van der Waals surface area contributed by atoms with Crippen molar-refractivity contribution in [3.05, 3.63) is 22.7 Å². The number of sulfonamides is 1. The number of hydrogen-bond acceptors (Lipinski definition) is 5. The molecule has 0 aromatic heterocycles. The monoisotopic (exact) mass is 371 g/mol. The first kappa shape index (κ1) is 16.4. The maximum Gasteiger partial charge on any atom is 0.241 e. The summed E-state index contributed by atoms with van der Waals surface area (Å²) in [5.74, 6) is 0.0908. The van der Waals surface area contributed by atoms with E-state index in [2.05, 4.69) is 15.9 Å². The van der Waals surface area contributed by atoms with Gasteiger partial charge in [0.25, 0.3) is 0 Å². The Hall–Kier alpha value is -0.640. The fraction of sp³-hybridized carbons (Fsp3) is 0.400. The summed E-state index contributed by atoms with van der Waals surface area (Å²) < 4.78 is 50.5. The zero-order valence-electron chi connectivity index (χ0n) is 10.2. The van der Waals surface area contributed by atoms with Crippen LogP contribution in [0, 0.1) is 0 Å². The van der Waals surface area contributed by atoms with Gasteiger partial charge in [0, 0.05) is 10.7 Å². The Kier molecular flexibility index (Phi) is 5.36. The van der Waals surface area contributed by atoms with Crippen LogP contribution in [0.4, 0.5) is 0 Å². The molecule has 9 heteroatoms. The summed E-state index contributed by atoms with van der Waals surface area (Å²) in [6.07, 6.45) is 1.40. The van der Waals surface area contributed by atoms with Crippen molar-refractivity contribution in [3.8, 4) is 5.75 Å². The van der Waals surface area contributed by atoms with Gasteiger partial charge in [0.05, 0.1) is 12.4 Å². The average molecular weight is 372 g/mol. The third-order valence-electron chi connectivity index (χ3n) is 2.13. The second-order valence-corrected chi connectivity index (χ2v) is 8.67. The molecule has 0 aliphatic heterocycles. The van der Waals surface area contributed by atoms with Gasteiger partial charge in [-0.05, 0) is 24.6 Å². The summed E-state index contributed by atoms with van der Waals surface area (Å²) in [4.78, 5) is -0.138. The number of sulfone groups is 1. The minimum atomic E-state index is -3.89. The molecule has 0 aliphatic rings. The van der Waals surface area contributed by atoms with E-state index < -0.39 is 19.9 Å². The summed E-state index contributed by atoms with van der Waals surface area (Å²) in [6.45, 7) is 0.0945. The molecule has 2 N–H and O–H groups in total. The molecule has 0 spiro atoms. The van der Waals surface area contributed by atoms with Gasteiger partial charge >= 0.3 is 0 Å². The predicted molar refractivity (Wildman–Crippen MR) is 75.3 cm³/mol. The zero-order valence-corrected chi connectivity index (χ0v) is 13.4. The van der Waals surface area contributed by atoms with Crippen LogP contribution in [0.5, 0.6) is 5.75 Å². The van der Waals surface area contributed by atoms with Crippen LogP contribution in [0.25, 0.3) is 0 Å². The molecule has 0 bridgehead atoms. The first-order chi connectivity index (χ1) is 8.59. The molecule has 0 unspecified atom stereocenters. The molecule has 1 aromatic rings. The summed E-state index contributed by atoms with van der Waals surface area (Å²) in [6, 6.07) is 4.41. The van der Waals surface area contributed by atoms with Crippen molar-refractivity contribution >= 4 is 35.8 Å². The van der Waals surface area contributed by atoms with Gasteiger partial charge in [0.1, 0.15) is 20.5 Å². The third-order valence-corrected chi connectivity index (χ3v) is 4.58. The molecule has 6 nitrogen and oxygen atoms in total. The lowest BCUT2D eigenvalue weighted by Gasteiger charge is -2.10. The van der Waals surface area contributed by atoms with Crippen LogP contribution in [0.1, 0.15) is 6.42 Å². The van der Waals surface area contributed by atoms with Gasteiger partial charge in [-0.2, -0.15) is 0 Å². The Labute approximate surface area is 121 Å². The highest BCUT2D eigenvalue weighted by molar-refractivity contribution is 9.10. The number of hydrogen-bond donors (Lipinski definition) is 1. The summed E-state index contributed by atoms with van der Waals surface area (Å²) in [5.41, 5.74) is 0. The minimum absolute atomic E-state index is 0.0196. The van der Waals surface area contributed by atoms with Crippen molar-refractivity contribution in [3.63, 3.8) is 0 Å². The fourth-order valence-electron chi connectivity index (χ4n) is 1.33. The molecule has 0 fully saturated rings. The Morgan fingerprint density at radius 1 is 1.26 bits per heavy atom. The van der Waals surface area contributed by atoms with Crippen molar-refractivity contribution < 1.29 is 21.6 Å². The molecule has 0 aliphatic carbocycles. The maximum atomic E-state index is 11.4. The molecule has 0 atom stereocenters. The summed E-state index contributed by atoms with van der Waals surface area (Å²) in [7, 11) is -6.95. The van der Waals surface area contributed by atoms with Crippen LogP contribution in [-0.2, 0) is 19.9 Å². The number of ether oxygens (including phenoxy) is 1. The first-order valence-corrected chi connectivity index (χ1v) is 9.62. The molecular weight excluding hydrogens is 358 g/mol. The number of primary sulfonamides is 1. The molecule has 0 saturated carbocycles. The third kappa shape index (κ3) is 5.89. The first-order valence-electron chi connectivity index (χ1n) is 5.22. The molecule has 108 valence electrons. The van der Waals surface area contributed by atoms with E-state index in [9.17, 15) is 16.8 Å².